The second-order valence-electron chi connectivity index (χ2n) is 5.41. The monoisotopic (exact) mass is 242 g/mol. The Morgan fingerprint density at radius 3 is 1.35 bits per heavy atom. The van der Waals surface area contributed by atoms with Gasteiger partial charge in [0.25, 0.3) is 0 Å². The van der Waals surface area contributed by atoms with Crippen molar-refractivity contribution in [2.24, 2.45) is 0 Å². The van der Waals surface area contributed by atoms with Gasteiger partial charge in [0.2, 0.25) is 0 Å². The van der Waals surface area contributed by atoms with Crippen LogP contribution >= 0.6 is 0 Å². The van der Waals surface area contributed by atoms with Gasteiger partial charge in [-0.1, -0.05) is 84.5 Å². The summed E-state index contributed by atoms with van der Waals surface area (Å²) in [6, 6.07) is 0. The minimum atomic E-state index is -0.0252. The van der Waals surface area contributed by atoms with Crippen LogP contribution in [-0.4, -0.2) is 11.2 Å². The fourth-order valence-electron chi connectivity index (χ4n) is 2.29. The highest BCUT2D eigenvalue weighted by atomic mass is 16.3. The van der Waals surface area contributed by atoms with Crippen molar-refractivity contribution >= 4 is 0 Å². The summed E-state index contributed by atoms with van der Waals surface area (Å²) in [6.45, 7) is 4.50. The third kappa shape index (κ3) is 13.9. The van der Waals surface area contributed by atoms with Crippen molar-refractivity contribution in [3.63, 3.8) is 0 Å². The van der Waals surface area contributed by atoms with Gasteiger partial charge >= 0.3 is 0 Å². The van der Waals surface area contributed by atoms with Crippen LogP contribution in [0.4, 0.5) is 0 Å². The Balaban J connectivity index is 3.09. The molecule has 104 valence electrons. The normalized spacial score (nSPS) is 12.9. The molecule has 0 saturated heterocycles. The van der Waals surface area contributed by atoms with Gasteiger partial charge in [0.1, 0.15) is 0 Å². The van der Waals surface area contributed by atoms with E-state index in [1.165, 1.54) is 70.6 Å². The summed E-state index contributed by atoms with van der Waals surface area (Å²) in [5.74, 6) is 0. The van der Waals surface area contributed by atoms with E-state index >= 15 is 0 Å². The number of unbranched alkanes of at least 4 members (excludes halogenated alkanes) is 9. The lowest BCUT2D eigenvalue weighted by atomic mass is 10.0. The largest absolute Gasteiger partial charge is 0.393 e. The van der Waals surface area contributed by atoms with Gasteiger partial charge in [-0.15, -0.1) is 0 Å². The highest BCUT2D eigenvalue weighted by Gasteiger charge is 2.03. The number of hydrogen-bond acceptors (Lipinski definition) is 1. The molecule has 17 heavy (non-hydrogen) atoms. The van der Waals surface area contributed by atoms with E-state index in [0.717, 1.165) is 12.8 Å². The standard InChI is InChI=1S/C16H34O/c1-3-5-7-9-11-13-15-16(17)14-12-10-8-6-4-2/h16-17H,3-15H2,1-2H3/t16-/m0/s1. The molecule has 0 amide bonds. The highest BCUT2D eigenvalue weighted by molar-refractivity contribution is 4.57. The highest BCUT2D eigenvalue weighted by Crippen LogP contribution is 2.13. The predicted molar refractivity (Wildman–Crippen MR) is 77.4 cm³/mol. The molecule has 1 nitrogen and oxygen atoms in total. The maximum absolute atomic E-state index is 9.81. The Morgan fingerprint density at radius 2 is 0.941 bits per heavy atom. The quantitative estimate of drug-likeness (QED) is 0.425. The molecule has 0 rings (SSSR count). The van der Waals surface area contributed by atoms with Crippen molar-refractivity contribution < 1.29 is 5.11 Å². The second-order valence-corrected chi connectivity index (χ2v) is 5.41. The Hall–Kier alpha value is -0.0400. The first-order chi connectivity index (χ1) is 8.31. The zero-order valence-corrected chi connectivity index (χ0v) is 12.2. The Kier molecular flexibility index (Phi) is 14.0. The smallest absolute Gasteiger partial charge is 0.0540 e. The van der Waals surface area contributed by atoms with Crippen LogP contribution in [-0.2, 0) is 0 Å². The lowest BCUT2D eigenvalue weighted by Gasteiger charge is -2.10. The first-order valence-corrected chi connectivity index (χ1v) is 7.99. The summed E-state index contributed by atoms with van der Waals surface area (Å²) in [6.07, 6.45) is 16.5. The molecule has 0 bridgehead atoms. The fraction of sp³-hybridized carbons (Fsp3) is 1.00. The third-order valence-corrected chi connectivity index (χ3v) is 3.53. The molecular formula is C16H34O. The van der Waals surface area contributed by atoms with Gasteiger partial charge in [-0.05, 0) is 12.8 Å². The van der Waals surface area contributed by atoms with Gasteiger partial charge in [0.05, 0.1) is 6.10 Å². The molecule has 0 aromatic rings. The molecular weight excluding hydrogens is 208 g/mol. The van der Waals surface area contributed by atoms with E-state index in [9.17, 15) is 5.11 Å². The first kappa shape index (κ1) is 17.0. The first-order valence-electron chi connectivity index (χ1n) is 7.99. The summed E-state index contributed by atoms with van der Waals surface area (Å²) < 4.78 is 0. The Labute approximate surface area is 109 Å². The molecule has 1 heteroatoms. The van der Waals surface area contributed by atoms with Crippen molar-refractivity contribution in [1.29, 1.82) is 0 Å². The molecule has 0 aliphatic carbocycles. The van der Waals surface area contributed by atoms with E-state index < -0.39 is 0 Å². The Morgan fingerprint density at radius 1 is 0.588 bits per heavy atom. The van der Waals surface area contributed by atoms with Gasteiger partial charge in [0.15, 0.2) is 0 Å². The molecule has 0 aromatic heterocycles. The van der Waals surface area contributed by atoms with Crippen molar-refractivity contribution in [2.75, 3.05) is 0 Å². The number of hydrogen-bond donors (Lipinski definition) is 1. The van der Waals surface area contributed by atoms with Crippen LogP contribution < -0.4 is 0 Å². The van der Waals surface area contributed by atoms with Gasteiger partial charge < -0.3 is 5.11 Å². The molecule has 0 heterocycles. The van der Waals surface area contributed by atoms with E-state index in [-0.39, 0.29) is 6.10 Å². The Bertz CT molecular complexity index is 133. The van der Waals surface area contributed by atoms with Crippen LogP contribution in [0.3, 0.4) is 0 Å². The molecule has 1 atom stereocenters. The number of rotatable bonds is 13. The summed E-state index contributed by atoms with van der Waals surface area (Å²) >= 11 is 0. The molecule has 0 spiro atoms. The molecule has 0 fully saturated rings. The van der Waals surface area contributed by atoms with Crippen molar-refractivity contribution in [3.05, 3.63) is 0 Å². The van der Waals surface area contributed by atoms with E-state index in [4.69, 9.17) is 0 Å². The van der Waals surface area contributed by atoms with E-state index in [1.54, 1.807) is 0 Å². The maximum Gasteiger partial charge on any atom is 0.0540 e. The van der Waals surface area contributed by atoms with Crippen molar-refractivity contribution in [2.45, 2.75) is 103 Å². The minimum absolute atomic E-state index is 0.0252. The lowest BCUT2D eigenvalue weighted by molar-refractivity contribution is 0.147. The molecule has 0 aliphatic rings. The number of aliphatic hydroxyl groups is 1. The molecule has 0 unspecified atom stereocenters. The summed E-state index contributed by atoms with van der Waals surface area (Å²) in [7, 11) is 0. The van der Waals surface area contributed by atoms with Crippen LogP contribution in [0.1, 0.15) is 97.3 Å². The average molecular weight is 242 g/mol. The van der Waals surface area contributed by atoms with E-state index in [1.807, 2.05) is 0 Å². The summed E-state index contributed by atoms with van der Waals surface area (Å²) in [4.78, 5) is 0. The van der Waals surface area contributed by atoms with Gasteiger partial charge in [-0.2, -0.15) is 0 Å². The topological polar surface area (TPSA) is 20.2 Å². The van der Waals surface area contributed by atoms with Gasteiger partial charge in [-0.3, -0.25) is 0 Å². The second kappa shape index (κ2) is 14.0. The molecule has 1 N–H and O–H groups in total. The summed E-state index contributed by atoms with van der Waals surface area (Å²) in [5, 5.41) is 9.81. The predicted octanol–water partition coefficient (Wildman–Crippen LogP) is 5.46. The van der Waals surface area contributed by atoms with E-state index in [2.05, 4.69) is 13.8 Å². The van der Waals surface area contributed by atoms with Crippen LogP contribution in [0.5, 0.6) is 0 Å². The van der Waals surface area contributed by atoms with Crippen LogP contribution in [0.25, 0.3) is 0 Å². The lowest BCUT2D eigenvalue weighted by Crippen LogP contribution is -2.05. The molecule has 0 aromatic carbocycles. The average Bonchev–Trinajstić information content (AvgIpc) is 2.33. The maximum atomic E-state index is 9.81. The molecule has 0 aliphatic heterocycles. The van der Waals surface area contributed by atoms with Crippen LogP contribution in [0.15, 0.2) is 0 Å². The van der Waals surface area contributed by atoms with Gasteiger partial charge in [0, 0.05) is 0 Å². The SMILES string of the molecule is CCCCCCCC[C@@H](O)CCCCCCC. The fourth-order valence-corrected chi connectivity index (χ4v) is 2.29. The van der Waals surface area contributed by atoms with Crippen molar-refractivity contribution in [3.8, 4) is 0 Å². The zero-order chi connectivity index (χ0) is 12.8. The minimum Gasteiger partial charge on any atom is -0.393 e. The summed E-state index contributed by atoms with van der Waals surface area (Å²) in [5.41, 5.74) is 0. The van der Waals surface area contributed by atoms with Crippen molar-refractivity contribution in [1.82, 2.24) is 0 Å². The van der Waals surface area contributed by atoms with Crippen LogP contribution in [0.2, 0.25) is 0 Å². The van der Waals surface area contributed by atoms with Gasteiger partial charge in [-0.25, -0.2) is 0 Å². The number of aliphatic hydroxyl groups excluding tert-OH is 1. The molecule has 0 radical (unpaired) electrons. The molecule has 0 saturated carbocycles. The zero-order valence-electron chi connectivity index (χ0n) is 12.2. The third-order valence-electron chi connectivity index (χ3n) is 3.53. The van der Waals surface area contributed by atoms with Crippen LogP contribution in [0, 0.1) is 0 Å². The van der Waals surface area contributed by atoms with E-state index in [0.29, 0.717) is 0 Å².